The second kappa shape index (κ2) is 3.69. The van der Waals surface area contributed by atoms with Crippen molar-refractivity contribution in [1.29, 1.82) is 0 Å². The van der Waals surface area contributed by atoms with Gasteiger partial charge in [0.15, 0.2) is 0 Å². The number of hydrogen-bond acceptors (Lipinski definition) is 3. The van der Waals surface area contributed by atoms with Crippen LogP contribution in [0.2, 0.25) is 0 Å². The van der Waals surface area contributed by atoms with Crippen LogP contribution in [0.15, 0.2) is 29.6 Å². The van der Waals surface area contributed by atoms with Crippen molar-refractivity contribution >= 4 is 21.4 Å². The van der Waals surface area contributed by atoms with E-state index in [9.17, 15) is 0 Å². The average molecular weight is 206 g/mol. The Bertz CT molecular complexity index is 434. The SMILES string of the molecule is CN(C)C(N)c1csc2ccccc12. The number of hydrogen-bond donors (Lipinski definition) is 1. The summed E-state index contributed by atoms with van der Waals surface area (Å²) < 4.78 is 1.31. The Morgan fingerprint density at radius 2 is 2.00 bits per heavy atom. The number of benzene rings is 1. The van der Waals surface area contributed by atoms with Crippen LogP contribution in [-0.4, -0.2) is 19.0 Å². The predicted molar refractivity (Wildman–Crippen MR) is 62.4 cm³/mol. The van der Waals surface area contributed by atoms with Gasteiger partial charge in [-0.15, -0.1) is 11.3 Å². The number of thiophene rings is 1. The molecule has 0 aliphatic rings. The molecule has 3 heteroatoms. The maximum absolute atomic E-state index is 6.08. The van der Waals surface area contributed by atoms with Gasteiger partial charge in [0.2, 0.25) is 0 Å². The number of fused-ring (bicyclic) bond motifs is 1. The zero-order chi connectivity index (χ0) is 10.1. The number of nitrogens with zero attached hydrogens (tertiary/aromatic N) is 1. The Morgan fingerprint density at radius 3 is 2.71 bits per heavy atom. The van der Waals surface area contributed by atoms with Gasteiger partial charge in [-0.05, 0) is 30.9 Å². The Hall–Kier alpha value is -0.900. The highest BCUT2D eigenvalue weighted by molar-refractivity contribution is 7.17. The standard InChI is InChI=1S/C11H14N2S/c1-13(2)11(12)9-7-14-10-6-4-3-5-8(9)10/h3-7,11H,12H2,1-2H3. The lowest BCUT2D eigenvalue weighted by molar-refractivity contribution is 0.309. The first-order valence-electron chi connectivity index (χ1n) is 4.58. The van der Waals surface area contributed by atoms with Gasteiger partial charge in [-0.3, -0.25) is 4.90 Å². The molecule has 0 aliphatic heterocycles. The van der Waals surface area contributed by atoms with E-state index in [1.165, 1.54) is 15.6 Å². The van der Waals surface area contributed by atoms with E-state index in [1.54, 1.807) is 11.3 Å². The molecule has 1 unspecified atom stereocenters. The molecule has 2 N–H and O–H groups in total. The Labute approximate surface area is 87.9 Å². The zero-order valence-corrected chi connectivity index (χ0v) is 9.21. The highest BCUT2D eigenvalue weighted by Gasteiger charge is 2.12. The molecule has 1 aromatic carbocycles. The van der Waals surface area contributed by atoms with E-state index in [0.29, 0.717) is 0 Å². The molecule has 0 aliphatic carbocycles. The van der Waals surface area contributed by atoms with Crippen LogP contribution < -0.4 is 5.73 Å². The van der Waals surface area contributed by atoms with Crippen molar-refractivity contribution in [3.8, 4) is 0 Å². The van der Waals surface area contributed by atoms with E-state index in [2.05, 4.69) is 29.6 Å². The highest BCUT2D eigenvalue weighted by Crippen LogP contribution is 2.29. The van der Waals surface area contributed by atoms with Gasteiger partial charge in [0.1, 0.15) is 0 Å². The smallest absolute Gasteiger partial charge is 0.0844 e. The van der Waals surface area contributed by atoms with Gasteiger partial charge >= 0.3 is 0 Å². The predicted octanol–water partition coefficient (Wildman–Crippen LogP) is 2.42. The van der Waals surface area contributed by atoms with Crippen LogP contribution in [0.25, 0.3) is 10.1 Å². The van der Waals surface area contributed by atoms with Gasteiger partial charge in [0, 0.05) is 10.3 Å². The van der Waals surface area contributed by atoms with Gasteiger partial charge in [-0.2, -0.15) is 0 Å². The maximum Gasteiger partial charge on any atom is 0.0844 e. The van der Waals surface area contributed by atoms with Crippen molar-refractivity contribution < 1.29 is 0 Å². The summed E-state index contributed by atoms with van der Waals surface area (Å²) in [5, 5.41) is 3.42. The molecular weight excluding hydrogens is 192 g/mol. The second-order valence-corrected chi connectivity index (χ2v) is 4.51. The van der Waals surface area contributed by atoms with E-state index in [4.69, 9.17) is 5.73 Å². The summed E-state index contributed by atoms with van der Waals surface area (Å²) in [7, 11) is 3.99. The molecular formula is C11H14N2S. The molecule has 2 rings (SSSR count). The summed E-state index contributed by atoms with van der Waals surface area (Å²) in [6, 6.07) is 8.38. The lowest BCUT2D eigenvalue weighted by Gasteiger charge is -2.18. The molecule has 0 saturated carbocycles. The lowest BCUT2D eigenvalue weighted by Crippen LogP contribution is -2.27. The van der Waals surface area contributed by atoms with Crippen LogP contribution in [0, 0.1) is 0 Å². The molecule has 1 heterocycles. The van der Waals surface area contributed by atoms with Crippen molar-refractivity contribution in [3.63, 3.8) is 0 Å². The van der Waals surface area contributed by atoms with Gasteiger partial charge in [0.05, 0.1) is 6.17 Å². The average Bonchev–Trinajstić information content (AvgIpc) is 2.60. The van der Waals surface area contributed by atoms with Crippen LogP contribution in [0.1, 0.15) is 11.7 Å². The van der Waals surface area contributed by atoms with Crippen LogP contribution in [0.3, 0.4) is 0 Å². The fourth-order valence-corrected chi connectivity index (χ4v) is 2.50. The fraction of sp³-hybridized carbons (Fsp3) is 0.273. The molecule has 0 radical (unpaired) electrons. The first kappa shape index (κ1) is 9.65. The monoisotopic (exact) mass is 206 g/mol. The van der Waals surface area contributed by atoms with Crippen LogP contribution in [-0.2, 0) is 0 Å². The third-order valence-electron chi connectivity index (χ3n) is 2.39. The van der Waals surface area contributed by atoms with Gasteiger partial charge < -0.3 is 5.73 Å². The van der Waals surface area contributed by atoms with Gasteiger partial charge in [-0.25, -0.2) is 0 Å². The summed E-state index contributed by atoms with van der Waals surface area (Å²) in [6.45, 7) is 0. The molecule has 0 bridgehead atoms. The maximum atomic E-state index is 6.08. The number of rotatable bonds is 2. The molecule has 0 spiro atoms. The highest BCUT2D eigenvalue weighted by atomic mass is 32.1. The van der Waals surface area contributed by atoms with E-state index >= 15 is 0 Å². The van der Waals surface area contributed by atoms with Crippen molar-refractivity contribution in [2.75, 3.05) is 14.1 Å². The van der Waals surface area contributed by atoms with E-state index in [0.717, 1.165) is 0 Å². The zero-order valence-electron chi connectivity index (χ0n) is 8.40. The molecule has 1 atom stereocenters. The molecule has 74 valence electrons. The third-order valence-corrected chi connectivity index (χ3v) is 3.37. The first-order chi connectivity index (χ1) is 6.70. The van der Waals surface area contributed by atoms with E-state index in [-0.39, 0.29) is 6.17 Å². The van der Waals surface area contributed by atoms with Gasteiger partial charge in [-0.1, -0.05) is 18.2 Å². The van der Waals surface area contributed by atoms with Crippen molar-refractivity contribution in [3.05, 3.63) is 35.2 Å². The normalized spacial score (nSPS) is 13.7. The Morgan fingerprint density at radius 1 is 1.29 bits per heavy atom. The minimum atomic E-state index is -0.00819. The molecule has 1 aromatic heterocycles. The summed E-state index contributed by atoms with van der Waals surface area (Å²) >= 11 is 1.75. The van der Waals surface area contributed by atoms with E-state index < -0.39 is 0 Å². The molecule has 0 amide bonds. The van der Waals surface area contributed by atoms with Crippen molar-refractivity contribution in [1.82, 2.24) is 4.90 Å². The van der Waals surface area contributed by atoms with Crippen molar-refractivity contribution in [2.24, 2.45) is 5.73 Å². The van der Waals surface area contributed by atoms with E-state index in [1.807, 2.05) is 19.0 Å². The second-order valence-electron chi connectivity index (χ2n) is 3.60. The lowest BCUT2D eigenvalue weighted by atomic mass is 10.1. The van der Waals surface area contributed by atoms with Crippen LogP contribution >= 0.6 is 11.3 Å². The first-order valence-corrected chi connectivity index (χ1v) is 5.46. The Balaban J connectivity index is 2.53. The molecule has 0 saturated heterocycles. The molecule has 2 aromatic rings. The van der Waals surface area contributed by atoms with Crippen LogP contribution in [0.4, 0.5) is 0 Å². The van der Waals surface area contributed by atoms with Crippen LogP contribution in [0.5, 0.6) is 0 Å². The quantitative estimate of drug-likeness (QED) is 0.765. The Kier molecular flexibility index (Phi) is 2.54. The summed E-state index contributed by atoms with van der Waals surface area (Å²) in [6.07, 6.45) is -0.00819. The number of nitrogens with two attached hydrogens (primary N) is 1. The summed E-state index contributed by atoms with van der Waals surface area (Å²) in [4.78, 5) is 2.02. The molecule has 2 nitrogen and oxygen atoms in total. The summed E-state index contributed by atoms with van der Waals surface area (Å²) in [5.74, 6) is 0. The minimum Gasteiger partial charge on any atom is -0.312 e. The van der Waals surface area contributed by atoms with Gasteiger partial charge in [0.25, 0.3) is 0 Å². The minimum absolute atomic E-state index is 0.00819. The third kappa shape index (κ3) is 1.54. The topological polar surface area (TPSA) is 29.3 Å². The summed E-state index contributed by atoms with van der Waals surface area (Å²) in [5.41, 5.74) is 7.30. The van der Waals surface area contributed by atoms with Crippen molar-refractivity contribution in [2.45, 2.75) is 6.17 Å². The molecule has 14 heavy (non-hydrogen) atoms. The molecule has 0 fully saturated rings. The fourth-order valence-electron chi connectivity index (χ4n) is 1.51. The largest absolute Gasteiger partial charge is 0.312 e.